The fraction of sp³-hybridized carbons (Fsp3) is 0.385. The predicted molar refractivity (Wildman–Crippen MR) is 72.0 cm³/mol. The van der Waals surface area contributed by atoms with Gasteiger partial charge in [-0.05, 0) is 19.1 Å². The summed E-state index contributed by atoms with van der Waals surface area (Å²) in [4.78, 5) is 17.6. The van der Waals surface area contributed by atoms with Gasteiger partial charge in [0.15, 0.2) is 5.69 Å². The highest BCUT2D eigenvalue weighted by Gasteiger charge is 2.17. The van der Waals surface area contributed by atoms with Crippen LogP contribution in [0.1, 0.15) is 16.3 Å². The second-order valence-corrected chi connectivity index (χ2v) is 4.69. The van der Waals surface area contributed by atoms with Gasteiger partial charge in [-0.3, -0.25) is 0 Å². The van der Waals surface area contributed by atoms with Crippen molar-refractivity contribution in [2.45, 2.75) is 6.92 Å². The molecule has 2 N–H and O–H groups in total. The number of fused-ring (bicyclic) bond motifs is 1. The van der Waals surface area contributed by atoms with Crippen molar-refractivity contribution in [3.63, 3.8) is 0 Å². The molecule has 6 heteroatoms. The first-order valence-electron chi connectivity index (χ1n) is 6.34. The van der Waals surface area contributed by atoms with Crippen LogP contribution in [0.2, 0.25) is 0 Å². The van der Waals surface area contributed by atoms with Crippen LogP contribution in [-0.2, 0) is 0 Å². The summed E-state index contributed by atoms with van der Waals surface area (Å²) in [5.74, 6) is -0.290. The number of piperazine rings is 1. The first kappa shape index (κ1) is 12.0. The number of aromatic carboxylic acids is 1. The first-order chi connectivity index (χ1) is 9.16. The number of pyridine rings is 1. The third-order valence-corrected chi connectivity index (χ3v) is 3.49. The number of carboxylic acids is 1. The Balaban J connectivity index is 2.08. The van der Waals surface area contributed by atoms with Crippen LogP contribution < -0.4 is 10.2 Å². The normalized spacial score (nSPS) is 15.9. The van der Waals surface area contributed by atoms with Crippen molar-refractivity contribution in [1.82, 2.24) is 14.7 Å². The maximum absolute atomic E-state index is 11.2. The van der Waals surface area contributed by atoms with E-state index in [1.54, 1.807) is 0 Å². The Bertz CT molecular complexity index is 629. The van der Waals surface area contributed by atoms with Gasteiger partial charge in [0.05, 0.1) is 5.52 Å². The number of imidazole rings is 1. The molecule has 0 amide bonds. The Kier molecular flexibility index (Phi) is 2.87. The Labute approximate surface area is 110 Å². The van der Waals surface area contributed by atoms with E-state index in [0.717, 1.165) is 31.9 Å². The standard InChI is InChI=1S/C13H16N4O2/c1-9-15-12(13(18)19)11-8-10(2-5-17(9)11)16-6-3-14-4-7-16/h2,5,8,14H,3-4,6-7H2,1H3,(H,18,19). The lowest BCUT2D eigenvalue weighted by Gasteiger charge is -2.29. The summed E-state index contributed by atoms with van der Waals surface area (Å²) < 4.78 is 1.81. The van der Waals surface area contributed by atoms with E-state index in [0.29, 0.717) is 11.3 Å². The summed E-state index contributed by atoms with van der Waals surface area (Å²) in [6, 6.07) is 3.92. The Morgan fingerprint density at radius 3 is 2.84 bits per heavy atom. The van der Waals surface area contributed by atoms with E-state index < -0.39 is 5.97 Å². The zero-order valence-corrected chi connectivity index (χ0v) is 10.8. The van der Waals surface area contributed by atoms with Gasteiger partial charge in [-0.2, -0.15) is 0 Å². The SMILES string of the molecule is Cc1nc(C(=O)O)c2cc(N3CCNCC3)ccn12. The van der Waals surface area contributed by atoms with Crippen LogP contribution in [-0.4, -0.2) is 46.6 Å². The monoisotopic (exact) mass is 260 g/mol. The van der Waals surface area contributed by atoms with Crippen LogP contribution in [0.5, 0.6) is 0 Å². The first-order valence-corrected chi connectivity index (χ1v) is 6.34. The molecule has 3 heterocycles. The molecular formula is C13H16N4O2. The lowest BCUT2D eigenvalue weighted by molar-refractivity contribution is 0.0693. The topological polar surface area (TPSA) is 69.9 Å². The average Bonchev–Trinajstić information content (AvgIpc) is 2.77. The average molecular weight is 260 g/mol. The van der Waals surface area contributed by atoms with Crippen molar-refractivity contribution < 1.29 is 9.90 Å². The van der Waals surface area contributed by atoms with Gasteiger partial charge in [0.25, 0.3) is 0 Å². The molecule has 0 spiro atoms. The fourth-order valence-corrected chi connectivity index (χ4v) is 2.50. The molecule has 0 atom stereocenters. The van der Waals surface area contributed by atoms with E-state index in [4.69, 9.17) is 0 Å². The molecule has 100 valence electrons. The molecule has 1 aliphatic heterocycles. The largest absolute Gasteiger partial charge is 0.476 e. The van der Waals surface area contributed by atoms with Crippen molar-refractivity contribution >= 4 is 17.2 Å². The second-order valence-electron chi connectivity index (χ2n) is 4.69. The molecule has 0 aliphatic carbocycles. The van der Waals surface area contributed by atoms with Gasteiger partial charge in [0.2, 0.25) is 0 Å². The molecule has 3 rings (SSSR count). The molecule has 0 bridgehead atoms. The maximum Gasteiger partial charge on any atom is 0.356 e. The number of rotatable bonds is 2. The summed E-state index contributed by atoms with van der Waals surface area (Å²) in [5, 5.41) is 12.5. The maximum atomic E-state index is 11.2. The lowest BCUT2D eigenvalue weighted by atomic mass is 10.2. The third kappa shape index (κ3) is 2.04. The van der Waals surface area contributed by atoms with E-state index in [1.165, 1.54) is 0 Å². The van der Waals surface area contributed by atoms with E-state index in [-0.39, 0.29) is 5.69 Å². The highest BCUT2D eigenvalue weighted by Crippen LogP contribution is 2.21. The molecule has 1 aliphatic rings. The second kappa shape index (κ2) is 4.55. The van der Waals surface area contributed by atoms with Gasteiger partial charge >= 0.3 is 5.97 Å². The number of nitrogens with zero attached hydrogens (tertiary/aromatic N) is 3. The fourth-order valence-electron chi connectivity index (χ4n) is 2.50. The summed E-state index contributed by atoms with van der Waals surface area (Å²) in [6.45, 7) is 5.59. The Morgan fingerprint density at radius 1 is 1.42 bits per heavy atom. The van der Waals surface area contributed by atoms with Crippen molar-refractivity contribution in [1.29, 1.82) is 0 Å². The van der Waals surface area contributed by atoms with Gasteiger partial charge in [-0.1, -0.05) is 0 Å². The number of carboxylic acid groups (broad SMARTS) is 1. The molecule has 2 aromatic rings. The van der Waals surface area contributed by atoms with E-state index in [1.807, 2.05) is 29.7 Å². The number of carbonyl (C=O) groups is 1. The minimum Gasteiger partial charge on any atom is -0.476 e. The highest BCUT2D eigenvalue weighted by atomic mass is 16.4. The number of nitrogens with one attached hydrogen (secondary N) is 1. The summed E-state index contributed by atoms with van der Waals surface area (Å²) >= 11 is 0. The van der Waals surface area contributed by atoms with Crippen molar-refractivity contribution in [3.8, 4) is 0 Å². The quantitative estimate of drug-likeness (QED) is 0.834. The molecule has 1 saturated heterocycles. The molecule has 0 saturated carbocycles. The minimum atomic E-state index is -0.983. The zero-order valence-electron chi connectivity index (χ0n) is 10.8. The molecule has 6 nitrogen and oxygen atoms in total. The van der Waals surface area contributed by atoms with E-state index in [2.05, 4.69) is 15.2 Å². The van der Waals surface area contributed by atoms with Gasteiger partial charge in [-0.25, -0.2) is 9.78 Å². The van der Waals surface area contributed by atoms with Crippen LogP contribution in [0.3, 0.4) is 0 Å². The minimum absolute atomic E-state index is 0.120. The van der Waals surface area contributed by atoms with Gasteiger partial charge in [-0.15, -0.1) is 0 Å². The number of hydrogen-bond donors (Lipinski definition) is 2. The van der Waals surface area contributed by atoms with Crippen LogP contribution >= 0.6 is 0 Å². The molecule has 2 aromatic heterocycles. The third-order valence-electron chi connectivity index (χ3n) is 3.49. The molecule has 19 heavy (non-hydrogen) atoms. The molecular weight excluding hydrogens is 244 g/mol. The van der Waals surface area contributed by atoms with Gasteiger partial charge < -0.3 is 19.7 Å². The smallest absolute Gasteiger partial charge is 0.356 e. The van der Waals surface area contributed by atoms with Crippen molar-refractivity contribution in [2.24, 2.45) is 0 Å². The number of anilines is 1. The summed E-state index contributed by atoms with van der Waals surface area (Å²) in [6.07, 6.45) is 1.89. The van der Waals surface area contributed by atoms with Crippen LogP contribution in [0, 0.1) is 6.92 Å². The van der Waals surface area contributed by atoms with E-state index >= 15 is 0 Å². The Morgan fingerprint density at radius 2 is 2.16 bits per heavy atom. The Hall–Kier alpha value is -2.08. The summed E-state index contributed by atoms with van der Waals surface area (Å²) in [5.41, 5.74) is 1.83. The number of aryl methyl sites for hydroxylation is 1. The van der Waals surface area contributed by atoms with Gasteiger partial charge in [0.1, 0.15) is 5.82 Å². The van der Waals surface area contributed by atoms with Crippen LogP contribution in [0.4, 0.5) is 5.69 Å². The zero-order chi connectivity index (χ0) is 13.4. The lowest BCUT2D eigenvalue weighted by Crippen LogP contribution is -2.43. The van der Waals surface area contributed by atoms with Crippen LogP contribution in [0.15, 0.2) is 18.3 Å². The molecule has 0 radical (unpaired) electrons. The molecule has 0 aromatic carbocycles. The highest BCUT2D eigenvalue weighted by molar-refractivity contribution is 5.94. The summed E-state index contributed by atoms with van der Waals surface area (Å²) in [7, 11) is 0. The van der Waals surface area contributed by atoms with E-state index in [9.17, 15) is 9.90 Å². The van der Waals surface area contributed by atoms with Gasteiger partial charge in [0, 0.05) is 38.1 Å². The van der Waals surface area contributed by atoms with Crippen molar-refractivity contribution in [3.05, 3.63) is 29.8 Å². The van der Waals surface area contributed by atoms with Crippen molar-refractivity contribution in [2.75, 3.05) is 31.1 Å². The molecule has 0 unspecified atom stereocenters. The molecule has 1 fully saturated rings. The van der Waals surface area contributed by atoms with Crippen LogP contribution in [0.25, 0.3) is 5.52 Å². The number of hydrogen-bond acceptors (Lipinski definition) is 4. The number of aromatic nitrogens is 2. The predicted octanol–water partition coefficient (Wildman–Crippen LogP) is 0.751.